The Morgan fingerprint density at radius 3 is 3.11 bits per heavy atom. The van der Waals surface area contributed by atoms with E-state index in [-0.39, 0.29) is 5.41 Å². The maximum absolute atomic E-state index is 5.45. The van der Waals surface area contributed by atoms with Gasteiger partial charge in [-0.1, -0.05) is 18.5 Å². The zero-order valence-corrected chi connectivity index (χ0v) is 10.3. The van der Waals surface area contributed by atoms with Crippen LogP contribution in [0.2, 0.25) is 0 Å². The first kappa shape index (κ1) is 11.3. The Bertz CT molecular complexity index is 499. The lowest BCUT2D eigenvalue weighted by Crippen LogP contribution is -2.29. The standard InChI is InChI=1S/C11H16N6O/c1-2-3-11(4-5-12-7-11)10-14-9(16-18-10)8-6-13-17-15-8/h6,12H,2-5,7H2,1H3,(H,13,15,17). The molecule has 7 heteroatoms. The van der Waals surface area contributed by atoms with Crippen LogP contribution in [-0.2, 0) is 5.41 Å². The summed E-state index contributed by atoms with van der Waals surface area (Å²) in [6.45, 7) is 4.08. The highest BCUT2D eigenvalue weighted by atomic mass is 16.5. The quantitative estimate of drug-likeness (QED) is 0.834. The van der Waals surface area contributed by atoms with Crippen LogP contribution in [0.1, 0.15) is 32.1 Å². The molecule has 0 radical (unpaired) electrons. The van der Waals surface area contributed by atoms with Crippen molar-refractivity contribution in [3.63, 3.8) is 0 Å². The second-order valence-corrected chi connectivity index (χ2v) is 4.74. The SMILES string of the molecule is CCCC1(c2nc(-c3cn[nH]n3)no2)CCNC1. The molecule has 18 heavy (non-hydrogen) atoms. The van der Waals surface area contributed by atoms with Crippen molar-refractivity contribution in [2.75, 3.05) is 13.1 Å². The number of H-pyrrole nitrogens is 1. The summed E-state index contributed by atoms with van der Waals surface area (Å²) in [4.78, 5) is 4.49. The van der Waals surface area contributed by atoms with Crippen molar-refractivity contribution in [1.82, 2.24) is 30.9 Å². The van der Waals surface area contributed by atoms with Gasteiger partial charge in [-0.25, -0.2) is 0 Å². The third kappa shape index (κ3) is 1.80. The van der Waals surface area contributed by atoms with Crippen molar-refractivity contribution < 1.29 is 4.52 Å². The number of hydrogen-bond donors (Lipinski definition) is 2. The van der Waals surface area contributed by atoms with Crippen LogP contribution >= 0.6 is 0 Å². The Morgan fingerprint density at radius 2 is 2.44 bits per heavy atom. The fourth-order valence-electron chi connectivity index (χ4n) is 2.58. The van der Waals surface area contributed by atoms with E-state index in [9.17, 15) is 0 Å². The Morgan fingerprint density at radius 1 is 1.50 bits per heavy atom. The summed E-state index contributed by atoms with van der Waals surface area (Å²) in [6, 6.07) is 0. The Balaban J connectivity index is 1.92. The first-order valence-electron chi connectivity index (χ1n) is 6.25. The van der Waals surface area contributed by atoms with Gasteiger partial charge >= 0.3 is 0 Å². The first-order chi connectivity index (χ1) is 8.84. The van der Waals surface area contributed by atoms with Gasteiger partial charge in [-0.05, 0) is 19.4 Å². The van der Waals surface area contributed by atoms with E-state index in [0.29, 0.717) is 17.4 Å². The fraction of sp³-hybridized carbons (Fsp3) is 0.636. The Kier molecular flexibility index (Phi) is 2.83. The van der Waals surface area contributed by atoms with Gasteiger partial charge in [0.15, 0.2) is 5.69 Å². The molecule has 0 amide bonds. The number of nitrogens with one attached hydrogen (secondary N) is 2. The molecule has 0 bridgehead atoms. The summed E-state index contributed by atoms with van der Waals surface area (Å²) in [6.07, 6.45) is 4.79. The Hall–Kier alpha value is -1.76. The van der Waals surface area contributed by atoms with Crippen molar-refractivity contribution in [3.8, 4) is 11.5 Å². The van der Waals surface area contributed by atoms with Gasteiger partial charge < -0.3 is 9.84 Å². The first-order valence-corrected chi connectivity index (χ1v) is 6.25. The predicted molar refractivity (Wildman–Crippen MR) is 63.7 cm³/mol. The monoisotopic (exact) mass is 248 g/mol. The molecule has 2 aromatic heterocycles. The molecule has 1 aliphatic heterocycles. The number of aromatic amines is 1. The van der Waals surface area contributed by atoms with Gasteiger partial charge in [-0.3, -0.25) is 0 Å². The minimum absolute atomic E-state index is 0.0102. The van der Waals surface area contributed by atoms with E-state index in [0.717, 1.165) is 32.4 Å². The number of nitrogens with zero attached hydrogens (tertiary/aromatic N) is 4. The van der Waals surface area contributed by atoms with E-state index in [1.807, 2.05) is 0 Å². The highest BCUT2D eigenvalue weighted by Crippen LogP contribution is 2.34. The van der Waals surface area contributed by atoms with Crippen LogP contribution in [0.3, 0.4) is 0 Å². The average Bonchev–Trinajstić information content (AvgIpc) is 3.11. The molecule has 0 aliphatic carbocycles. The summed E-state index contributed by atoms with van der Waals surface area (Å²) >= 11 is 0. The molecule has 0 spiro atoms. The van der Waals surface area contributed by atoms with Crippen LogP contribution in [0.25, 0.3) is 11.5 Å². The maximum atomic E-state index is 5.45. The topological polar surface area (TPSA) is 92.5 Å². The van der Waals surface area contributed by atoms with Crippen LogP contribution in [-0.4, -0.2) is 38.6 Å². The number of rotatable bonds is 4. The third-order valence-electron chi connectivity index (χ3n) is 3.50. The Labute approximate surface area is 104 Å². The fourth-order valence-corrected chi connectivity index (χ4v) is 2.58. The highest BCUT2D eigenvalue weighted by molar-refractivity contribution is 5.45. The van der Waals surface area contributed by atoms with Crippen molar-refractivity contribution in [2.45, 2.75) is 31.6 Å². The molecule has 3 rings (SSSR count). The van der Waals surface area contributed by atoms with Crippen LogP contribution < -0.4 is 5.32 Å². The normalized spacial score (nSPS) is 23.6. The summed E-state index contributed by atoms with van der Waals surface area (Å²) < 4.78 is 5.45. The molecule has 1 aliphatic rings. The highest BCUT2D eigenvalue weighted by Gasteiger charge is 2.40. The summed E-state index contributed by atoms with van der Waals surface area (Å²) in [5.41, 5.74) is 0.603. The van der Waals surface area contributed by atoms with Crippen molar-refractivity contribution >= 4 is 0 Å². The lowest BCUT2D eigenvalue weighted by Gasteiger charge is -2.22. The van der Waals surface area contributed by atoms with Gasteiger partial charge in [0.05, 0.1) is 11.6 Å². The minimum Gasteiger partial charge on any atom is -0.338 e. The predicted octanol–water partition coefficient (Wildman–Crippen LogP) is 0.886. The molecule has 1 atom stereocenters. The van der Waals surface area contributed by atoms with E-state index < -0.39 is 0 Å². The van der Waals surface area contributed by atoms with E-state index in [4.69, 9.17) is 4.52 Å². The lowest BCUT2D eigenvalue weighted by atomic mass is 9.82. The summed E-state index contributed by atoms with van der Waals surface area (Å²) in [7, 11) is 0. The van der Waals surface area contributed by atoms with Gasteiger partial charge in [-0.15, -0.1) is 0 Å². The largest absolute Gasteiger partial charge is 0.338 e. The van der Waals surface area contributed by atoms with E-state index in [1.54, 1.807) is 6.20 Å². The van der Waals surface area contributed by atoms with Crippen molar-refractivity contribution in [2.24, 2.45) is 0 Å². The third-order valence-corrected chi connectivity index (χ3v) is 3.50. The van der Waals surface area contributed by atoms with Crippen molar-refractivity contribution in [1.29, 1.82) is 0 Å². The van der Waals surface area contributed by atoms with Crippen LogP contribution in [0.15, 0.2) is 10.7 Å². The molecule has 96 valence electrons. The van der Waals surface area contributed by atoms with Crippen LogP contribution in [0.4, 0.5) is 0 Å². The second-order valence-electron chi connectivity index (χ2n) is 4.74. The molecule has 1 unspecified atom stereocenters. The zero-order valence-electron chi connectivity index (χ0n) is 10.3. The van der Waals surface area contributed by atoms with Crippen LogP contribution in [0, 0.1) is 0 Å². The lowest BCUT2D eigenvalue weighted by molar-refractivity contribution is 0.277. The molecule has 2 aromatic rings. The maximum Gasteiger partial charge on any atom is 0.234 e. The van der Waals surface area contributed by atoms with Gasteiger partial charge in [0.2, 0.25) is 11.7 Å². The van der Waals surface area contributed by atoms with Gasteiger partial charge in [-0.2, -0.15) is 20.4 Å². The molecule has 2 N–H and O–H groups in total. The van der Waals surface area contributed by atoms with Crippen molar-refractivity contribution in [3.05, 3.63) is 12.1 Å². The average molecular weight is 248 g/mol. The number of hydrogen-bond acceptors (Lipinski definition) is 6. The summed E-state index contributed by atoms with van der Waals surface area (Å²) in [5.74, 6) is 1.22. The second kappa shape index (κ2) is 4.49. The minimum atomic E-state index is -0.0102. The molecule has 7 nitrogen and oxygen atoms in total. The van der Waals surface area contributed by atoms with E-state index in [1.165, 1.54) is 0 Å². The van der Waals surface area contributed by atoms with Gasteiger partial charge in [0, 0.05) is 6.54 Å². The van der Waals surface area contributed by atoms with Gasteiger partial charge in [0.1, 0.15) is 0 Å². The molecule has 1 fully saturated rings. The molecule has 0 aromatic carbocycles. The molecule has 3 heterocycles. The van der Waals surface area contributed by atoms with E-state index >= 15 is 0 Å². The van der Waals surface area contributed by atoms with Crippen LogP contribution in [0.5, 0.6) is 0 Å². The molecule has 0 saturated carbocycles. The van der Waals surface area contributed by atoms with E-state index in [2.05, 4.69) is 37.8 Å². The molecular weight excluding hydrogens is 232 g/mol. The summed E-state index contributed by atoms with van der Waals surface area (Å²) in [5, 5.41) is 17.6. The van der Waals surface area contributed by atoms with Gasteiger partial charge in [0.25, 0.3) is 0 Å². The number of aromatic nitrogens is 5. The zero-order chi connectivity index (χ0) is 12.4. The molecule has 1 saturated heterocycles. The molecular formula is C11H16N6O. The smallest absolute Gasteiger partial charge is 0.234 e.